The lowest BCUT2D eigenvalue weighted by Crippen LogP contribution is -2.15. The molecular formula is C10H6O3. The molecule has 0 fully saturated rings. The summed E-state index contributed by atoms with van der Waals surface area (Å²) >= 11 is 0. The lowest BCUT2D eigenvalue weighted by molar-refractivity contribution is -0.110. The molecule has 0 heterocycles. The second-order valence-corrected chi connectivity index (χ2v) is 2.77. The summed E-state index contributed by atoms with van der Waals surface area (Å²) in [6.45, 7) is 0. The third-order valence-electron chi connectivity index (χ3n) is 1.95. The van der Waals surface area contributed by atoms with Crippen LogP contribution < -0.4 is 0 Å². The Morgan fingerprint density at radius 2 is 1.85 bits per heavy atom. The predicted octanol–water partition coefficient (Wildman–Crippen LogP) is 1.17. The summed E-state index contributed by atoms with van der Waals surface area (Å²) < 4.78 is 0. The minimum absolute atomic E-state index is 0.0228. The van der Waals surface area contributed by atoms with Crippen molar-refractivity contribution in [3.8, 4) is 5.75 Å². The average Bonchev–Trinajstić information content (AvgIpc) is 2.12. The van der Waals surface area contributed by atoms with Crippen molar-refractivity contribution in [3.63, 3.8) is 0 Å². The molecular weight excluding hydrogens is 168 g/mol. The number of Topliss-reactive ketones (excluding diaryl/α,β-unsaturated/α-hetero) is 1. The number of ketones is 2. The highest BCUT2D eigenvalue weighted by Crippen LogP contribution is 2.25. The van der Waals surface area contributed by atoms with Gasteiger partial charge in [0, 0.05) is 11.1 Å². The number of aromatic hydroxyl groups is 1. The van der Waals surface area contributed by atoms with Crippen molar-refractivity contribution in [2.45, 2.75) is 0 Å². The summed E-state index contributed by atoms with van der Waals surface area (Å²) in [4.78, 5) is 22.2. The zero-order valence-corrected chi connectivity index (χ0v) is 6.65. The molecule has 3 heteroatoms. The van der Waals surface area contributed by atoms with E-state index in [1.807, 2.05) is 0 Å². The van der Waals surface area contributed by atoms with E-state index in [-0.39, 0.29) is 11.3 Å². The number of hydrogen-bond donors (Lipinski definition) is 1. The van der Waals surface area contributed by atoms with E-state index in [1.165, 1.54) is 24.3 Å². The zero-order chi connectivity index (χ0) is 9.42. The fraction of sp³-hybridized carbons (Fsp3) is 0. The Hall–Kier alpha value is -1.90. The largest absolute Gasteiger partial charge is 0.507 e. The van der Waals surface area contributed by atoms with Crippen LogP contribution >= 0.6 is 0 Å². The molecule has 2 rings (SSSR count). The Bertz CT molecular complexity index is 430. The maximum absolute atomic E-state index is 11.3. The number of fused-ring (bicyclic) bond motifs is 1. The van der Waals surface area contributed by atoms with Crippen LogP contribution in [-0.2, 0) is 4.79 Å². The van der Waals surface area contributed by atoms with Gasteiger partial charge in [-0.2, -0.15) is 0 Å². The molecule has 1 N–H and O–H groups in total. The number of phenols is 1. The molecule has 0 aromatic heterocycles. The van der Waals surface area contributed by atoms with Crippen LogP contribution in [0.15, 0.2) is 24.3 Å². The summed E-state index contributed by atoms with van der Waals surface area (Å²) in [7, 11) is 0. The normalized spacial score (nSPS) is 14.5. The second-order valence-electron chi connectivity index (χ2n) is 2.77. The average molecular weight is 174 g/mol. The van der Waals surface area contributed by atoms with Crippen molar-refractivity contribution in [1.29, 1.82) is 0 Å². The molecule has 3 nitrogen and oxygen atoms in total. The first-order valence-corrected chi connectivity index (χ1v) is 3.79. The molecule has 0 spiro atoms. The molecule has 0 atom stereocenters. The molecule has 0 saturated carbocycles. The minimum atomic E-state index is -0.562. The molecule has 0 aliphatic heterocycles. The van der Waals surface area contributed by atoms with Crippen LogP contribution in [0.3, 0.4) is 0 Å². The molecule has 1 aromatic rings. The van der Waals surface area contributed by atoms with Gasteiger partial charge in [0.15, 0.2) is 0 Å². The Labute approximate surface area is 74.3 Å². The number of benzene rings is 1. The van der Waals surface area contributed by atoms with Crippen LogP contribution in [0.25, 0.3) is 6.08 Å². The van der Waals surface area contributed by atoms with Gasteiger partial charge < -0.3 is 5.11 Å². The maximum atomic E-state index is 11.3. The fourth-order valence-electron chi connectivity index (χ4n) is 1.29. The smallest absolute Gasteiger partial charge is 0.233 e. The zero-order valence-electron chi connectivity index (χ0n) is 6.65. The summed E-state index contributed by atoms with van der Waals surface area (Å²) in [6.07, 6.45) is 2.62. The summed E-state index contributed by atoms with van der Waals surface area (Å²) in [5.41, 5.74) is 0.694. The van der Waals surface area contributed by atoms with Gasteiger partial charge >= 0.3 is 0 Å². The quantitative estimate of drug-likeness (QED) is 0.600. The van der Waals surface area contributed by atoms with Crippen molar-refractivity contribution in [3.05, 3.63) is 35.4 Å². The highest BCUT2D eigenvalue weighted by Gasteiger charge is 2.21. The molecule has 0 amide bonds. The van der Waals surface area contributed by atoms with Crippen molar-refractivity contribution < 1.29 is 14.7 Å². The maximum Gasteiger partial charge on any atom is 0.233 e. The standard InChI is InChI=1S/C10H6O3/c11-8-3-1-2-7-6(8)4-5-9(12)10(7)13/h1-5,11H. The minimum Gasteiger partial charge on any atom is -0.507 e. The van der Waals surface area contributed by atoms with E-state index in [9.17, 15) is 14.7 Å². The van der Waals surface area contributed by atoms with E-state index < -0.39 is 11.6 Å². The molecule has 0 radical (unpaired) electrons. The molecule has 13 heavy (non-hydrogen) atoms. The number of hydrogen-bond acceptors (Lipinski definition) is 3. The SMILES string of the molecule is O=C1C=Cc2c(O)cccc2C1=O. The first-order chi connectivity index (χ1) is 6.20. The second kappa shape index (κ2) is 2.55. The molecule has 1 aliphatic carbocycles. The van der Waals surface area contributed by atoms with E-state index in [1.54, 1.807) is 6.07 Å². The summed E-state index contributed by atoms with van der Waals surface area (Å²) in [5, 5.41) is 9.35. The number of phenolic OH excluding ortho intramolecular Hbond substituents is 1. The van der Waals surface area contributed by atoms with Crippen molar-refractivity contribution >= 4 is 17.6 Å². The third kappa shape index (κ3) is 1.05. The Kier molecular flexibility index (Phi) is 1.52. The van der Waals surface area contributed by atoms with Gasteiger partial charge in [-0.25, -0.2) is 0 Å². The molecule has 0 saturated heterocycles. The van der Waals surface area contributed by atoms with E-state index in [2.05, 4.69) is 0 Å². The van der Waals surface area contributed by atoms with Gasteiger partial charge in [-0.1, -0.05) is 12.1 Å². The topological polar surface area (TPSA) is 54.4 Å². The molecule has 0 unspecified atom stereocenters. The summed E-state index contributed by atoms with van der Waals surface area (Å²) in [6, 6.07) is 4.55. The van der Waals surface area contributed by atoms with Crippen molar-refractivity contribution in [1.82, 2.24) is 0 Å². The monoisotopic (exact) mass is 174 g/mol. The lowest BCUT2D eigenvalue weighted by Gasteiger charge is -2.08. The number of rotatable bonds is 0. The van der Waals surface area contributed by atoms with Gasteiger partial charge in [0.2, 0.25) is 11.6 Å². The molecule has 1 aliphatic rings. The van der Waals surface area contributed by atoms with E-state index in [4.69, 9.17) is 0 Å². The van der Waals surface area contributed by atoms with Crippen LogP contribution in [0.4, 0.5) is 0 Å². The van der Waals surface area contributed by atoms with Crippen LogP contribution in [0.1, 0.15) is 15.9 Å². The van der Waals surface area contributed by atoms with Crippen LogP contribution in [0.5, 0.6) is 5.75 Å². The highest BCUT2D eigenvalue weighted by atomic mass is 16.3. The Morgan fingerprint density at radius 3 is 2.62 bits per heavy atom. The summed E-state index contributed by atoms with van der Waals surface area (Å²) in [5.74, 6) is -1.08. The molecule has 1 aromatic carbocycles. The van der Waals surface area contributed by atoms with Gasteiger partial charge in [-0.05, 0) is 18.2 Å². The van der Waals surface area contributed by atoms with Gasteiger partial charge in [0.25, 0.3) is 0 Å². The Morgan fingerprint density at radius 1 is 1.08 bits per heavy atom. The number of allylic oxidation sites excluding steroid dienone is 1. The third-order valence-corrected chi connectivity index (χ3v) is 1.95. The van der Waals surface area contributed by atoms with Crippen LogP contribution in [0.2, 0.25) is 0 Å². The van der Waals surface area contributed by atoms with E-state index >= 15 is 0 Å². The van der Waals surface area contributed by atoms with Gasteiger partial charge in [-0.15, -0.1) is 0 Å². The van der Waals surface area contributed by atoms with E-state index in [0.29, 0.717) is 5.56 Å². The molecule has 0 bridgehead atoms. The first kappa shape index (κ1) is 7.73. The Balaban J connectivity index is 2.72. The predicted molar refractivity (Wildman–Crippen MR) is 46.5 cm³/mol. The van der Waals surface area contributed by atoms with Gasteiger partial charge in [0.05, 0.1) is 0 Å². The van der Waals surface area contributed by atoms with Crippen molar-refractivity contribution in [2.75, 3.05) is 0 Å². The van der Waals surface area contributed by atoms with Crippen LogP contribution in [0, 0.1) is 0 Å². The van der Waals surface area contributed by atoms with Crippen LogP contribution in [-0.4, -0.2) is 16.7 Å². The number of carbonyl (C=O) groups excluding carboxylic acids is 2. The number of carbonyl (C=O) groups is 2. The highest BCUT2D eigenvalue weighted by molar-refractivity contribution is 6.50. The first-order valence-electron chi connectivity index (χ1n) is 3.79. The van der Waals surface area contributed by atoms with Crippen molar-refractivity contribution in [2.24, 2.45) is 0 Å². The molecule has 64 valence electrons. The van der Waals surface area contributed by atoms with E-state index in [0.717, 1.165) is 0 Å². The fourth-order valence-corrected chi connectivity index (χ4v) is 1.29. The van der Waals surface area contributed by atoms with Gasteiger partial charge in [0.1, 0.15) is 5.75 Å². The van der Waals surface area contributed by atoms with Gasteiger partial charge in [-0.3, -0.25) is 9.59 Å². The lowest BCUT2D eigenvalue weighted by atomic mass is 9.95.